The Kier molecular flexibility index (Phi) is 27.1. The molecule has 3 rings (SSSR count). The molecule has 0 aromatic rings. The first-order valence-corrected chi connectivity index (χ1v) is 24.9. The molecule has 3 fully saturated rings. The van der Waals surface area contributed by atoms with Gasteiger partial charge in [0.2, 0.25) is 0 Å². The standard InChI is InChI=1S/C53H94O2/c1-4-6-8-10-12-14-16-18-20-22-24-26-28-30-32-34-38-52(39-35-33-31-29-27-25-23-21-19-17-15-13-11-9-7-5-2)40-42-53(43-41-52)47-50-45-48(3)49(37-36-44-54)46-51(50)55-53/h12-15,18-21,48-51,54H,4-11,16-17,22-47H2,1-3H3/b14-12-,15-13-,20-18-,21-19-/t48-,49+,50-,51+/m1/s1. The second kappa shape index (κ2) is 30.9. The van der Waals surface area contributed by atoms with Gasteiger partial charge in [0.1, 0.15) is 0 Å². The van der Waals surface area contributed by atoms with Crippen molar-refractivity contribution in [1.29, 1.82) is 0 Å². The lowest BCUT2D eigenvalue weighted by molar-refractivity contribution is -0.102. The SMILES string of the molecule is CCCCC/C=C\C/C=C\CCCCCCCCC1(CCCCCCCC/C=C\C/C=C\CCCCC)CCC2(CC1)C[C@H]1C[C@@H](C)[C@@H](CCCO)C[C@@H]1O2. The molecule has 55 heavy (non-hydrogen) atoms. The number of fused-ring (bicyclic) bond motifs is 1. The molecule has 0 aromatic carbocycles. The highest BCUT2D eigenvalue weighted by molar-refractivity contribution is 5.03. The maximum atomic E-state index is 9.46. The number of rotatable bonds is 33. The number of hydrogen-bond acceptors (Lipinski definition) is 2. The molecule has 1 N–H and O–H groups in total. The van der Waals surface area contributed by atoms with Crippen molar-refractivity contribution in [2.75, 3.05) is 6.61 Å². The summed E-state index contributed by atoms with van der Waals surface area (Å²) in [4.78, 5) is 0. The molecule has 0 radical (unpaired) electrons. The van der Waals surface area contributed by atoms with Gasteiger partial charge < -0.3 is 9.84 Å². The number of aliphatic hydroxyl groups excluding tert-OH is 1. The first kappa shape index (κ1) is 48.3. The van der Waals surface area contributed by atoms with Crippen molar-refractivity contribution in [3.8, 4) is 0 Å². The highest BCUT2D eigenvalue weighted by Crippen LogP contribution is 2.56. The fourth-order valence-corrected chi connectivity index (χ4v) is 10.7. The van der Waals surface area contributed by atoms with Crippen LogP contribution in [0.25, 0.3) is 0 Å². The maximum Gasteiger partial charge on any atom is 0.0690 e. The van der Waals surface area contributed by atoms with Gasteiger partial charge in [-0.15, -0.1) is 0 Å². The summed E-state index contributed by atoms with van der Waals surface area (Å²) in [6.07, 6.45) is 66.3. The van der Waals surface area contributed by atoms with Crippen LogP contribution in [0.4, 0.5) is 0 Å². The third-order valence-corrected chi connectivity index (χ3v) is 14.3. The summed E-state index contributed by atoms with van der Waals surface area (Å²) in [5.41, 5.74) is 0.757. The molecule has 2 nitrogen and oxygen atoms in total. The zero-order chi connectivity index (χ0) is 39.1. The van der Waals surface area contributed by atoms with Crippen molar-refractivity contribution < 1.29 is 9.84 Å². The predicted octanol–water partition coefficient (Wildman–Crippen LogP) is 16.9. The first-order valence-electron chi connectivity index (χ1n) is 24.9. The molecule has 0 aromatic heterocycles. The number of unbranched alkanes of at least 4 members (excludes halogenated alkanes) is 18. The molecular formula is C53H94O2. The Morgan fingerprint density at radius 1 is 0.527 bits per heavy atom. The molecule has 0 amide bonds. The van der Waals surface area contributed by atoms with Gasteiger partial charge in [-0.25, -0.2) is 0 Å². The summed E-state index contributed by atoms with van der Waals surface area (Å²) in [7, 11) is 0. The lowest BCUT2D eigenvalue weighted by Crippen LogP contribution is -2.39. The Hall–Kier alpha value is -1.12. The molecular weight excluding hydrogens is 669 g/mol. The Balaban J connectivity index is 1.34. The van der Waals surface area contributed by atoms with Crippen LogP contribution in [0.3, 0.4) is 0 Å². The van der Waals surface area contributed by atoms with E-state index >= 15 is 0 Å². The highest BCUT2D eigenvalue weighted by Gasteiger charge is 2.52. The number of aliphatic hydroxyl groups is 1. The quantitative estimate of drug-likeness (QED) is 0.0533. The minimum Gasteiger partial charge on any atom is -0.396 e. The van der Waals surface area contributed by atoms with Gasteiger partial charge in [0.05, 0.1) is 11.7 Å². The molecule has 2 saturated carbocycles. The maximum absolute atomic E-state index is 9.46. The van der Waals surface area contributed by atoms with Gasteiger partial charge in [-0.1, -0.05) is 159 Å². The summed E-state index contributed by atoms with van der Waals surface area (Å²) >= 11 is 0. The van der Waals surface area contributed by atoms with E-state index in [1.165, 1.54) is 205 Å². The van der Waals surface area contributed by atoms with E-state index in [0.717, 1.165) is 37.0 Å². The Bertz CT molecular complexity index is 961. The molecule has 318 valence electrons. The normalized spacial score (nSPS) is 23.7. The van der Waals surface area contributed by atoms with Gasteiger partial charge >= 0.3 is 0 Å². The zero-order valence-electron chi connectivity index (χ0n) is 37.2. The van der Waals surface area contributed by atoms with E-state index in [0.29, 0.717) is 18.1 Å². The number of allylic oxidation sites excluding steroid dienone is 8. The molecule has 1 saturated heterocycles. The van der Waals surface area contributed by atoms with Crippen molar-refractivity contribution in [2.24, 2.45) is 23.2 Å². The second-order valence-corrected chi connectivity index (χ2v) is 19.0. The first-order chi connectivity index (χ1) is 27.1. The smallest absolute Gasteiger partial charge is 0.0690 e. The van der Waals surface area contributed by atoms with Crippen molar-refractivity contribution in [3.05, 3.63) is 48.6 Å². The number of hydrogen-bond donors (Lipinski definition) is 1. The van der Waals surface area contributed by atoms with E-state index in [2.05, 4.69) is 69.4 Å². The fraction of sp³-hybridized carbons (Fsp3) is 0.849. The summed E-state index contributed by atoms with van der Waals surface area (Å²) in [5.74, 6) is 2.33. The Labute approximate surface area is 344 Å². The molecule has 3 aliphatic rings. The third kappa shape index (κ3) is 20.9. The van der Waals surface area contributed by atoms with Gasteiger partial charge in [0, 0.05) is 6.61 Å². The van der Waals surface area contributed by atoms with Crippen LogP contribution < -0.4 is 0 Å². The van der Waals surface area contributed by atoms with Crippen molar-refractivity contribution >= 4 is 0 Å². The van der Waals surface area contributed by atoms with Crippen molar-refractivity contribution in [1.82, 2.24) is 0 Å². The van der Waals surface area contributed by atoms with Gasteiger partial charge in [0.25, 0.3) is 0 Å². The number of ether oxygens (including phenoxy) is 1. The van der Waals surface area contributed by atoms with Crippen molar-refractivity contribution in [3.63, 3.8) is 0 Å². The summed E-state index contributed by atoms with van der Waals surface area (Å²) in [6.45, 7) is 7.38. The molecule has 2 aliphatic carbocycles. The monoisotopic (exact) mass is 763 g/mol. The fourth-order valence-electron chi connectivity index (χ4n) is 10.7. The lowest BCUT2D eigenvalue weighted by atomic mass is 9.62. The van der Waals surface area contributed by atoms with Crippen LogP contribution in [0, 0.1) is 23.2 Å². The molecule has 4 atom stereocenters. The van der Waals surface area contributed by atoms with E-state index in [-0.39, 0.29) is 5.60 Å². The van der Waals surface area contributed by atoms with E-state index in [1.807, 2.05) is 0 Å². The molecule has 0 unspecified atom stereocenters. The van der Waals surface area contributed by atoms with Crippen molar-refractivity contribution in [2.45, 2.75) is 257 Å². The van der Waals surface area contributed by atoms with Crippen LogP contribution in [0.2, 0.25) is 0 Å². The van der Waals surface area contributed by atoms with Crippen LogP contribution in [-0.2, 0) is 4.74 Å². The molecule has 1 spiro atoms. The van der Waals surface area contributed by atoms with Gasteiger partial charge in [-0.3, -0.25) is 0 Å². The molecule has 2 heteroatoms. The molecule has 1 aliphatic heterocycles. The molecule has 0 bridgehead atoms. The minimum absolute atomic E-state index is 0.184. The Morgan fingerprint density at radius 2 is 0.982 bits per heavy atom. The van der Waals surface area contributed by atoms with Gasteiger partial charge in [0.15, 0.2) is 0 Å². The minimum atomic E-state index is 0.184. The van der Waals surface area contributed by atoms with Crippen LogP contribution in [0.1, 0.15) is 245 Å². The Morgan fingerprint density at radius 3 is 1.45 bits per heavy atom. The summed E-state index contributed by atoms with van der Waals surface area (Å²) in [5, 5.41) is 9.46. The summed E-state index contributed by atoms with van der Waals surface area (Å²) in [6, 6.07) is 0. The average molecular weight is 763 g/mol. The zero-order valence-corrected chi connectivity index (χ0v) is 37.2. The van der Waals surface area contributed by atoms with Crippen LogP contribution in [-0.4, -0.2) is 23.4 Å². The van der Waals surface area contributed by atoms with Crippen LogP contribution >= 0.6 is 0 Å². The predicted molar refractivity (Wildman–Crippen MR) is 243 cm³/mol. The molecule has 1 heterocycles. The van der Waals surface area contributed by atoms with E-state index < -0.39 is 0 Å². The van der Waals surface area contributed by atoms with Crippen LogP contribution in [0.15, 0.2) is 48.6 Å². The largest absolute Gasteiger partial charge is 0.396 e. The van der Waals surface area contributed by atoms with E-state index in [9.17, 15) is 5.11 Å². The second-order valence-electron chi connectivity index (χ2n) is 19.0. The average Bonchev–Trinajstić information content (AvgIpc) is 3.54. The lowest BCUT2D eigenvalue weighted by Gasteiger charge is -2.45. The van der Waals surface area contributed by atoms with E-state index in [4.69, 9.17) is 4.74 Å². The van der Waals surface area contributed by atoms with Crippen LogP contribution in [0.5, 0.6) is 0 Å². The topological polar surface area (TPSA) is 29.5 Å². The third-order valence-electron chi connectivity index (χ3n) is 14.3. The van der Waals surface area contributed by atoms with E-state index in [1.54, 1.807) is 0 Å². The van der Waals surface area contributed by atoms with Gasteiger partial charge in [-0.2, -0.15) is 0 Å². The van der Waals surface area contributed by atoms with Gasteiger partial charge in [-0.05, 0) is 158 Å². The highest BCUT2D eigenvalue weighted by atomic mass is 16.5. The summed E-state index contributed by atoms with van der Waals surface area (Å²) < 4.78 is 7.14.